The van der Waals surface area contributed by atoms with Crippen molar-refractivity contribution in [3.8, 4) is 0 Å². The van der Waals surface area contributed by atoms with Crippen LogP contribution in [0.5, 0.6) is 0 Å². The van der Waals surface area contributed by atoms with E-state index in [1.165, 1.54) is 32.9 Å². The van der Waals surface area contributed by atoms with Gasteiger partial charge in [-0.3, -0.25) is 0 Å². The largest absolute Gasteiger partial charge is 0.312 e. The third-order valence-electron chi connectivity index (χ3n) is 4.48. The van der Waals surface area contributed by atoms with Crippen LogP contribution >= 0.6 is 0 Å². The van der Waals surface area contributed by atoms with Crippen molar-refractivity contribution in [1.29, 1.82) is 0 Å². The van der Waals surface area contributed by atoms with Crippen LogP contribution < -0.4 is 5.32 Å². The molecule has 2 aliphatic rings. The van der Waals surface area contributed by atoms with Crippen LogP contribution in [0.3, 0.4) is 0 Å². The summed E-state index contributed by atoms with van der Waals surface area (Å²) in [6.07, 6.45) is 1.69. The van der Waals surface area contributed by atoms with Crippen LogP contribution in [0.15, 0.2) is 34.1 Å². The third kappa shape index (κ3) is 3.36. The summed E-state index contributed by atoms with van der Waals surface area (Å²) < 4.78 is 53.8. The lowest BCUT2D eigenvalue weighted by atomic mass is 10.3. The Morgan fingerprint density at radius 3 is 2.12 bits per heavy atom. The Labute approximate surface area is 143 Å². The van der Waals surface area contributed by atoms with Crippen molar-refractivity contribution < 1.29 is 16.8 Å². The van der Waals surface area contributed by atoms with E-state index < -0.39 is 20.0 Å². The molecule has 0 saturated carbocycles. The maximum absolute atomic E-state index is 12.8. The molecule has 2 saturated heterocycles. The quantitative estimate of drug-likeness (QED) is 0.828. The maximum Gasteiger partial charge on any atom is 0.243 e. The van der Waals surface area contributed by atoms with E-state index in [4.69, 9.17) is 0 Å². The average molecular weight is 374 g/mol. The molecule has 0 amide bonds. The molecule has 2 aliphatic heterocycles. The summed E-state index contributed by atoms with van der Waals surface area (Å²) in [5.41, 5.74) is 0. The number of piperazine rings is 1. The highest BCUT2D eigenvalue weighted by Crippen LogP contribution is 2.25. The molecular weight excluding hydrogens is 350 g/mol. The van der Waals surface area contributed by atoms with Gasteiger partial charge in [-0.05, 0) is 38.0 Å². The second kappa shape index (κ2) is 6.72. The molecule has 2 heterocycles. The summed E-state index contributed by atoms with van der Waals surface area (Å²) in [7, 11) is -7.32. The standard InChI is InChI=1S/C15H23N3O4S2/c1-13-12-18(10-7-16-13)24(21,22)15-6-4-5-14(11-15)23(19,20)17-8-2-3-9-17/h4-6,11,13,16H,2-3,7-10,12H2,1H3. The number of rotatable bonds is 4. The van der Waals surface area contributed by atoms with Gasteiger partial charge in [-0.25, -0.2) is 16.8 Å². The van der Waals surface area contributed by atoms with Crippen LogP contribution in [0.1, 0.15) is 19.8 Å². The lowest BCUT2D eigenvalue weighted by molar-refractivity contribution is 0.310. The minimum atomic E-state index is -3.69. The van der Waals surface area contributed by atoms with Crippen molar-refractivity contribution >= 4 is 20.0 Å². The summed E-state index contributed by atoms with van der Waals surface area (Å²) in [6, 6.07) is 5.79. The van der Waals surface area contributed by atoms with Gasteiger partial charge >= 0.3 is 0 Å². The molecule has 1 unspecified atom stereocenters. The number of benzene rings is 1. The minimum absolute atomic E-state index is 0.0388. The first-order valence-corrected chi connectivity index (χ1v) is 11.0. The molecule has 134 valence electrons. The molecule has 0 aliphatic carbocycles. The van der Waals surface area contributed by atoms with E-state index in [1.54, 1.807) is 0 Å². The lowest BCUT2D eigenvalue weighted by Gasteiger charge is -2.31. The summed E-state index contributed by atoms with van der Waals surface area (Å²) in [4.78, 5) is 0.0885. The van der Waals surface area contributed by atoms with Crippen molar-refractivity contribution in [3.63, 3.8) is 0 Å². The lowest BCUT2D eigenvalue weighted by Crippen LogP contribution is -2.51. The predicted octanol–water partition coefficient (Wildman–Crippen LogP) is 0.454. The first kappa shape index (κ1) is 17.8. The Bertz CT molecular complexity index is 802. The van der Waals surface area contributed by atoms with Crippen LogP contribution in [0.4, 0.5) is 0 Å². The van der Waals surface area contributed by atoms with Crippen molar-refractivity contribution in [2.45, 2.75) is 35.6 Å². The van der Waals surface area contributed by atoms with Crippen molar-refractivity contribution in [2.75, 3.05) is 32.7 Å². The molecular formula is C15H23N3O4S2. The van der Waals surface area contributed by atoms with E-state index in [0.717, 1.165) is 12.8 Å². The van der Waals surface area contributed by atoms with Crippen LogP contribution in [0.2, 0.25) is 0 Å². The summed E-state index contributed by atoms with van der Waals surface area (Å²) >= 11 is 0. The Hall–Kier alpha value is -1.00. The predicted molar refractivity (Wildman–Crippen MR) is 90.7 cm³/mol. The average Bonchev–Trinajstić information content (AvgIpc) is 3.10. The molecule has 9 heteroatoms. The van der Waals surface area contributed by atoms with Crippen LogP contribution in [-0.4, -0.2) is 64.2 Å². The highest BCUT2D eigenvalue weighted by atomic mass is 32.2. The number of hydrogen-bond donors (Lipinski definition) is 1. The monoisotopic (exact) mass is 373 g/mol. The molecule has 3 rings (SSSR count). The molecule has 1 atom stereocenters. The number of nitrogens with zero attached hydrogens (tertiary/aromatic N) is 2. The summed E-state index contributed by atoms with van der Waals surface area (Å²) in [5.74, 6) is 0. The van der Waals surface area contributed by atoms with Gasteiger partial charge in [-0.2, -0.15) is 8.61 Å². The second-order valence-electron chi connectivity index (χ2n) is 6.30. The zero-order chi connectivity index (χ0) is 17.4. The molecule has 0 radical (unpaired) electrons. The molecule has 24 heavy (non-hydrogen) atoms. The van der Waals surface area contributed by atoms with Crippen LogP contribution in [0.25, 0.3) is 0 Å². The third-order valence-corrected chi connectivity index (χ3v) is 8.23. The van der Waals surface area contributed by atoms with Gasteiger partial charge in [0, 0.05) is 38.8 Å². The van der Waals surface area contributed by atoms with E-state index in [0.29, 0.717) is 32.7 Å². The van der Waals surface area contributed by atoms with Crippen molar-refractivity contribution in [3.05, 3.63) is 24.3 Å². The molecule has 0 spiro atoms. The fourth-order valence-electron chi connectivity index (χ4n) is 3.14. The van der Waals surface area contributed by atoms with Crippen molar-refractivity contribution in [1.82, 2.24) is 13.9 Å². The number of sulfonamides is 2. The van der Waals surface area contributed by atoms with Crippen LogP contribution in [0, 0.1) is 0 Å². The minimum Gasteiger partial charge on any atom is -0.312 e. The maximum atomic E-state index is 12.8. The molecule has 1 aromatic carbocycles. The molecule has 7 nitrogen and oxygen atoms in total. The SMILES string of the molecule is CC1CN(S(=O)(=O)c2cccc(S(=O)(=O)N3CCCC3)c2)CCN1. The summed E-state index contributed by atoms with van der Waals surface area (Å²) in [5, 5.41) is 3.20. The molecule has 1 N–H and O–H groups in total. The van der Waals surface area contributed by atoms with Gasteiger partial charge in [-0.1, -0.05) is 6.07 Å². The van der Waals surface area contributed by atoms with E-state index in [9.17, 15) is 16.8 Å². The van der Waals surface area contributed by atoms with Gasteiger partial charge in [0.2, 0.25) is 20.0 Å². The number of hydrogen-bond acceptors (Lipinski definition) is 5. The van der Waals surface area contributed by atoms with E-state index in [-0.39, 0.29) is 15.8 Å². The topological polar surface area (TPSA) is 86.8 Å². The van der Waals surface area contributed by atoms with Crippen molar-refractivity contribution in [2.24, 2.45) is 0 Å². The normalized spacial score (nSPS) is 24.3. The fourth-order valence-corrected chi connectivity index (χ4v) is 6.35. The molecule has 1 aromatic rings. The smallest absolute Gasteiger partial charge is 0.243 e. The van der Waals surface area contributed by atoms with Gasteiger partial charge in [0.25, 0.3) is 0 Å². The Kier molecular flexibility index (Phi) is 4.99. The van der Waals surface area contributed by atoms with Gasteiger partial charge in [0.1, 0.15) is 0 Å². The fraction of sp³-hybridized carbons (Fsp3) is 0.600. The Morgan fingerprint density at radius 2 is 1.54 bits per heavy atom. The molecule has 2 fully saturated rings. The number of nitrogens with one attached hydrogen (secondary N) is 1. The molecule has 0 bridgehead atoms. The molecule has 0 aromatic heterocycles. The Morgan fingerprint density at radius 1 is 0.958 bits per heavy atom. The van der Waals surface area contributed by atoms with Gasteiger partial charge in [-0.15, -0.1) is 0 Å². The van der Waals surface area contributed by atoms with E-state index >= 15 is 0 Å². The zero-order valence-corrected chi connectivity index (χ0v) is 15.3. The Balaban J connectivity index is 1.92. The van der Waals surface area contributed by atoms with E-state index in [2.05, 4.69) is 5.32 Å². The first-order chi connectivity index (χ1) is 11.3. The summed E-state index contributed by atoms with van der Waals surface area (Å²) in [6.45, 7) is 4.27. The van der Waals surface area contributed by atoms with E-state index in [1.807, 2.05) is 6.92 Å². The first-order valence-electron chi connectivity index (χ1n) is 8.15. The van der Waals surface area contributed by atoms with Gasteiger partial charge in [0.15, 0.2) is 0 Å². The van der Waals surface area contributed by atoms with Gasteiger partial charge < -0.3 is 5.32 Å². The second-order valence-corrected chi connectivity index (χ2v) is 10.2. The zero-order valence-electron chi connectivity index (χ0n) is 13.7. The van der Waals surface area contributed by atoms with Gasteiger partial charge in [0.05, 0.1) is 9.79 Å². The highest BCUT2D eigenvalue weighted by molar-refractivity contribution is 7.90. The van der Waals surface area contributed by atoms with Crippen LogP contribution in [-0.2, 0) is 20.0 Å². The highest BCUT2D eigenvalue weighted by Gasteiger charge is 2.31.